The third-order valence-corrected chi connectivity index (χ3v) is 4.11. The Kier molecular flexibility index (Phi) is 4.87. The lowest BCUT2D eigenvalue weighted by Gasteiger charge is -2.36. The summed E-state index contributed by atoms with van der Waals surface area (Å²) in [5, 5.41) is 9.19. The average molecular weight is 334 g/mol. The van der Waals surface area contributed by atoms with Gasteiger partial charge in [0.05, 0.1) is 13.5 Å². The van der Waals surface area contributed by atoms with Crippen LogP contribution in [-0.4, -0.2) is 59.9 Å². The van der Waals surface area contributed by atoms with Crippen LogP contribution in [0.25, 0.3) is 0 Å². The van der Waals surface area contributed by atoms with Crippen molar-refractivity contribution < 1.29 is 29.0 Å². The Bertz CT molecular complexity index is 660. The first-order chi connectivity index (χ1) is 11.3. The van der Waals surface area contributed by atoms with Crippen LogP contribution in [0.2, 0.25) is 0 Å². The standard InChI is InChI=1S/C16H18N2O6/c1-17-14(21)13(15(22)18(2)16(17)23)11(8-12(19)20)9-4-6-10(24-3)7-5-9/h4-7,11,13H,8H2,1-3H3,(H,19,20)/t11-/m0/s1. The molecule has 2 rings (SSSR count). The molecule has 8 nitrogen and oxygen atoms in total. The van der Waals surface area contributed by atoms with Gasteiger partial charge in [0.1, 0.15) is 11.7 Å². The molecule has 128 valence electrons. The minimum absolute atomic E-state index is 0.412. The highest BCUT2D eigenvalue weighted by atomic mass is 16.5. The van der Waals surface area contributed by atoms with Gasteiger partial charge >= 0.3 is 12.0 Å². The molecule has 1 N–H and O–H groups in total. The molecule has 1 heterocycles. The average Bonchev–Trinajstić information content (AvgIpc) is 2.57. The van der Waals surface area contributed by atoms with E-state index in [2.05, 4.69) is 0 Å². The highest BCUT2D eigenvalue weighted by Gasteiger charge is 2.47. The lowest BCUT2D eigenvalue weighted by molar-refractivity contribution is -0.149. The number of hydrogen-bond donors (Lipinski definition) is 1. The van der Waals surface area contributed by atoms with Crippen LogP contribution in [0.15, 0.2) is 24.3 Å². The first-order valence-electron chi connectivity index (χ1n) is 7.22. The van der Waals surface area contributed by atoms with Crippen molar-refractivity contribution in [3.8, 4) is 5.75 Å². The van der Waals surface area contributed by atoms with Gasteiger partial charge in [0.25, 0.3) is 0 Å². The van der Waals surface area contributed by atoms with Crippen LogP contribution in [0.4, 0.5) is 4.79 Å². The van der Waals surface area contributed by atoms with Gasteiger partial charge in [0.2, 0.25) is 11.8 Å². The lowest BCUT2D eigenvalue weighted by atomic mass is 9.81. The molecule has 8 heteroatoms. The van der Waals surface area contributed by atoms with E-state index in [-0.39, 0.29) is 0 Å². The monoisotopic (exact) mass is 334 g/mol. The lowest BCUT2D eigenvalue weighted by Crippen LogP contribution is -2.58. The fraction of sp³-hybridized carbons (Fsp3) is 0.375. The molecule has 0 radical (unpaired) electrons. The van der Waals surface area contributed by atoms with E-state index in [4.69, 9.17) is 4.74 Å². The van der Waals surface area contributed by atoms with Crippen LogP contribution >= 0.6 is 0 Å². The Hall–Kier alpha value is -2.90. The van der Waals surface area contributed by atoms with Crippen LogP contribution in [0.5, 0.6) is 5.75 Å². The maximum atomic E-state index is 12.5. The predicted octanol–water partition coefficient (Wildman–Crippen LogP) is 0.920. The van der Waals surface area contributed by atoms with Crippen molar-refractivity contribution in [2.24, 2.45) is 5.92 Å². The van der Waals surface area contributed by atoms with Crippen molar-refractivity contribution in [2.45, 2.75) is 12.3 Å². The fourth-order valence-electron chi connectivity index (χ4n) is 2.75. The summed E-state index contributed by atoms with van der Waals surface area (Å²) in [5.74, 6) is -4.12. The summed E-state index contributed by atoms with van der Waals surface area (Å²) in [4.78, 5) is 49.7. The van der Waals surface area contributed by atoms with Crippen LogP contribution in [0.1, 0.15) is 17.9 Å². The van der Waals surface area contributed by atoms with E-state index < -0.39 is 42.1 Å². The third-order valence-electron chi connectivity index (χ3n) is 4.11. The second-order valence-electron chi connectivity index (χ2n) is 5.53. The number of barbiturate groups is 1. The van der Waals surface area contributed by atoms with Gasteiger partial charge in [-0.1, -0.05) is 12.1 Å². The number of benzene rings is 1. The normalized spacial score (nSPS) is 17.2. The van der Waals surface area contributed by atoms with Gasteiger partial charge in [-0.15, -0.1) is 0 Å². The molecule has 24 heavy (non-hydrogen) atoms. The topological polar surface area (TPSA) is 104 Å². The van der Waals surface area contributed by atoms with E-state index in [1.807, 2.05) is 0 Å². The van der Waals surface area contributed by atoms with Crippen molar-refractivity contribution in [3.05, 3.63) is 29.8 Å². The number of amides is 4. The van der Waals surface area contributed by atoms with E-state index in [9.17, 15) is 24.3 Å². The SMILES string of the molecule is COc1ccc([C@H](CC(=O)O)C2C(=O)N(C)C(=O)N(C)C2=O)cc1. The van der Waals surface area contributed by atoms with Gasteiger partial charge in [-0.2, -0.15) is 0 Å². The smallest absolute Gasteiger partial charge is 0.332 e. The summed E-state index contributed by atoms with van der Waals surface area (Å²) >= 11 is 0. The Labute approximate surface area is 138 Å². The summed E-state index contributed by atoms with van der Waals surface area (Å²) in [6.45, 7) is 0. The zero-order chi connectivity index (χ0) is 18.0. The minimum atomic E-state index is -1.26. The Morgan fingerprint density at radius 2 is 1.62 bits per heavy atom. The maximum absolute atomic E-state index is 12.5. The highest BCUT2D eigenvalue weighted by molar-refractivity contribution is 6.16. The fourth-order valence-corrected chi connectivity index (χ4v) is 2.75. The molecule has 1 aliphatic rings. The van der Waals surface area contributed by atoms with Gasteiger partial charge in [0.15, 0.2) is 0 Å². The van der Waals surface area contributed by atoms with Crippen molar-refractivity contribution in [1.82, 2.24) is 9.80 Å². The predicted molar refractivity (Wildman–Crippen MR) is 82.4 cm³/mol. The summed E-state index contributed by atoms with van der Waals surface area (Å²) in [5.41, 5.74) is 0.515. The number of rotatable bonds is 5. The number of imide groups is 2. The molecular formula is C16H18N2O6. The second-order valence-corrected chi connectivity index (χ2v) is 5.53. The Morgan fingerprint density at radius 3 is 2.04 bits per heavy atom. The van der Waals surface area contributed by atoms with Gasteiger partial charge in [-0.25, -0.2) is 4.79 Å². The number of carbonyl (C=O) groups excluding carboxylic acids is 3. The number of nitrogens with zero attached hydrogens (tertiary/aromatic N) is 2. The van der Waals surface area contributed by atoms with Gasteiger partial charge in [-0.05, 0) is 17.7 Å². The number of carboxylic acids is 1. The molecule has 0 unspecified atom stereocenters. The van der Waals surface area contributed by atoms with Crippen molar-refractivity contribution in [3.63, 3.8) is 0 Å². The summed E-state index contributed by atoms with van der Waals surface area (Å²) in [6.07, 6.45) is -0.412. The molecule has 1 aromatic rings. The number of aliphatic carboxylic acids is 1. The quantitative estimate of drug-likeness (QED) is 0.803. The summed E-state index contributed by atoms with van der Waals surface area (Å²) in [6, 6.07) is 5.75. The summed E-state index contributed by atoms with van der Waals surface area (Å²) in [7, 11) is 4.03. The van der Waals surface area contributed by atoms with E-state index >= 15 is 0 Å². The molecule has 1 aliphatic heterocycles. The van der Waals surface area contributed by atoms with Gasteiger partial charge in [-0.3, -0.25) is 24.2 Å². The van der Waals surface area contributed by atoms with Gasteiger partial charge < -0.3 is 9.84 Å². The van der Waals surface area contributed by atoms with Crippen molar-refractivity contribution in [2.75, 3.05) is 21.2 Å². The summed E-state index contributed by atoms with van der Waals surface area (Å²) < 4.78 is 5.05. The number of ether oxygens (including phenoxy) is 1. The first-order valence-corrected chi connectivity index (χ1v) is 7.22. The number of carboxylic acid groups (broad SMARTS) is 1. The van der Waals surface area contributed by atoms with Crippen molar-refractivity contribution in [1.29, 1.82) is 0 Å². The molecule has 4 amide bonds. The molecule has 0 spiro atoms. The van der Waals surface area contributed by atoms with Crippen LogP contribution in [0, 0.1) is 5.92 Å². The van der Waals surface area contributed by atoms with E-state index in [0.29, 0.717) is 11.3 Å². The van der Waals surface area contributed by atoms with E-state index in [1.54, 1.807) is 24.3 Å². The molecule has 1 fully saturated rings. The minimum Gasteiger partial charge on any atom is -0.497 e. The zero-order valence-corrected chi connectivity index (χ0v) is 13.6. The molecule has 0 aliphatic carbocycles. The molecule has 0 bridgehead atoms. The van der Waals surface area contributed by atoms with Crippen LogP contribution < -0.4 is 4.74 Å². The maximum Gasteiger partial charge on any atom is 0.332 e. The van der Waals surface area contributed by atoms with Crippen molar-refractivity contribution >= 4 is 23.8 Å². The number of methoxy groups -OCH3 is 1. The molecule has 1 atom stereocenters. The van der Waals surface area contributed by atoms with E-state index in [0.717, 1.165) is 9.80 Å². The van der Waals surface area contributed by atoms with Crippen LogP contribution in [0.3, 0.4) is 0 Å². The number of hydrogen-bond acceptors (Lipinski definition) is 5. The number of carbonyl (C=O) groups is 4. The Balaban J connectivity index is 2.45. The largest absolute Gasteiger partial charge is 0.497 e. The third kappa shape index (κ3) is 3.08. The molecular weight excluding hydrogens is 316 g/mol. The van der Waals surface area contributed by atoms with Gasteiger partial charge in [0, 0.05) is 20.0 Å². The molecule has 0 saturated carbocycles. The zero-order valence-electron chi connectivity index (χ0n) is 13.6. The molecule has 0 aromatic heterocycles. The molecule has 1 aromatic carbocycles. The van der Waals surface area contributed by atoms with Crippen LogP contribution in [-0.2, 0) is 14.4 Å². The Morgan fingerprint density at radius 1 is 1.12 bits per heavy atom. The second kappa shape index (κ2) is 6.69. The molecule has 1 saturated heterocycles. The first kappa shape index (κ1) is 17.5. The van der Waals surface area contributed by atoms with E-state index in [1.165, 1.54) is 21.2 Å². The number of urea groups is 1. The highest BCUT2D eigenvalue weighted by Crippen LogP contribution is 2.34.